The quantitative estimate of drug-likeness (QED) is 0.826. The molecule has 0 spiro atoms. The fraction of sp³-hybridized carbons (Fsp3) is 0.538. The molecule has 6 nitrogen and oxygen atoms in total. The van der Waals surface area contributed by atoms with Crippen LogP contribution in [0.3, 0.4) is 0 Å². The predicted molar refractivity (Wildman–Crippen MR) is 81.0 cm³/mol. The van der Waals surface area contributed by atoms with E-state index in [1.807, 2.05) is 18.2 Å². The van der Waals surface area contributed by atoms with Crippen LogP contribution in [0, 0.1) is 0 Å². The summed E-state index contributed by atoms with van der Waals surface area (Å²) in [5.74, 6) is -0.101. The zero-order valence-electron chi connectivity index (χ0n) is 11.9. The van der Waals surface area contributed by atoms with Crippen LogP contribution in [0.15, 0.2) is 24.3 Å². The average Bonchev–Trinajstić information content (AvgIpc) is 2.43. The highest BCUT2D eigenvalue weighted by Crippen LogP contribution is 2.34. The molecular formula is C13H19NO5S2. The molecule has 0 saturated carbocycles. The number of fused-ring (bicyclic) bond motifs is 1. The number of sulfone groups is 2. The summed E-state index contributed by atoms with van der Waals surface area (Å²) in [5, 5.41) is 2.21. The summed E-state index contributed by atoms with van der Waals surface area (Å²) in [4.78, 5) is 0. The lowest BCUT2D eigenvalue weighted by molar-refractivity contribution is 0.259. The Labute approximate surface area is 125 Å². The Morgan fingerprint density at radius 2 is 1.86 bits per heavy atom. The number of hydrogen-bond donors (Lipinski definition) is 1. The van der Waals surface area contributed by atoms with Crippen LogP contribution in [0.5, 0.6) is 5.75 Å². The fourth-order valence-corrected chi connectivity index (χ4v) is 5.82. The molecule has 0 aromatic heterocycles. The number of rotatable bonds is 5. The van der Waals surface area contributed by atoms with E-state index in [0.717, 1.165) is 11.8 Å². The first-order valence-corrected chi connectivity index (χ1v) is 10.3. The molecule has 1 aromatic carbocycles. The molecule has 0 saturated heterocycles. The van der Waals surface area contributed by atoms with Crippen molar-refractivity contribution in [2.45, 2.75) is 11.3 Å². The van der Waals surface area contributed by atoms with Gasteiger partial charge in [-0.3, -0.25) is 0 Å². The third-order valence-corrected chi connectivity index (χ3v) is 6.85. The van der Waals surface area contributed by atoms with Gasteiger partial charge in [0.05, 0.1) is 17.5 Å². The molecule has 1 N–H and O–H groups in total. The first kappa shape index (κ1) is 16.3. The molecule has 0 radical (unpaired) electrons. The maximum absolute atomic E-state index is 12.4. The Hall–Kier alpha value is -1.12. The van der Waals surface area contributed by atoms with Gasteiger partial charge in [-0.1, -0.05) is 18.2 Å². The highest BCUT2D eigenvalue weighted by Gasteiger charge is 2.38. The fourth-order valence-electron chi connectivity index (χ4n) is 2.41. The molecule has 1 heterocycles. The van der Waals surface area contributed by atoms with Crippen LogP contribution in [0.1, 0.15) is 11.6 Å². The molecule has 118 valence electrons. The third-order valence-electron chi connectivity index (χ3n) is 3.54. The zero-order valence-corrected chi connectivity index (χ0v) is 13.6. The smallest absolute Gasteiger partial charge is 0.159 e. The molecule has 2 atom stereocenters. The van der Waals surface area contributed by atoms with Crippen molar-refractivity contribution < 1.29 is 21.6 Å². The van der Waals surface area contributed by atoms with Crippen LogP contribution in [0.25, 0.3) is 0 Å². The SMILES string of the molecule is CNC1c2ccccc2OCC1S(=O)(=O)CCS(C)(=O)=O. The summed E-state index contributed by atoms with van der Waals surface area (Å²) >= 11 is 0. The van der Waals surface area contributed by atoms with Gasteiger partial charge in [-0.2, -0.15) is 0 Å². The van der Waals surface area contributed by atoms with Crippen LogP contribution < -0.4 is 10.1 Å². The van der Waals surface area contributed by atoms with E-state index in [9.17, 15) is 16.8 Å². The van der Waals surface area contributed by atoms with E-state index < -0.39 is 31.0 Å². The van der Waals surface area contributed by atoms with Gasteiger partial charge in [0.25, 0.3) is 0 Å². The third kappa shape index (κ3) is 3.75. The summed E-state index contributed by atoms with van der Waals surface area (Å²) in [5.41, 5.74) is 0.777. The van der Waals surface area contributed by atoms with Crippen molar-refractivity contribution in [1.29, 1.82) is 0 Å². The zero-order chi connectivity index (χ0) is 15.7. The van der Waals surface area contributed by atoms with Crippen LogP contribution in [-0.2, 0) is 19.7 Å². The van der Waals surface area contributed by atoms with E-state index in [4.69, 9.17) is 4.74 Å². The normalized spacial score (nSPS) is 22.4. The predicted octanol–water partition coefficient (Wildman–Crippen LogP) is 0.168. The van der Waals surface area contributed by atoms with Gasteiger partial charge >= 0.3 is 0 Å². The van der Waals surface area contributed by atoms with Gasteiger partial charge in [0.1, 0.15) is 27.4 Å². The molecule has 8 heteroatoms. The molecule has 21 heavy (non-hydrogen) atoms. The minimum atomic E-state index is -3.59. The molecule has 1 aliphatic heterocycles. The summed E-state index contributed by atoms with van der Waals surface area (Å²) < 4.78 is 52.8. The van der Waals surface area contributed by atoms with Crippen LogP contribution in [0.4, 0.5) is 0 Å². The van der Waals surface area contributed by atoms with Crippen molar-refractivity contribution in [2.75, 3.05) is 31.4 Å². The van der Waals surface area contributed by atoms with Crippen LogP contribution in [0.2, 0.25) is 0 Å². The van der Waals surface area contributed by atoms with Gasteiger partial charge in [-0.25, -0.2) is 16.8 Å². The Bertz CT molecular complexity index is 712. The van der Waals surface area contributed by atoms with E-state index in [1.54, 1.807) is 13.1 Å². The van der Waals surface area contributed by atoms with Crippen molar-refractivity contribution in [1.82, 2.24) is 5.32 Å². The average molecular weight is 333 g/mol. The van der Waals surface area contributed by atoms with Gasteiger partial charge in [0.15, 0.2) is 9.84 Å². The molecule has 0 fully saturated rings. The standard InChI is InChI=1S/C13H19NO5S2/c1-14-13-10-5-3-4-6-11(10)19-9-12(13)21(17,18)8-7-20(2,15)16/h3-6,12-14H,7-9H2,1-2H3. The van der Waals surface area contributed by atoms with Crippen molar-refractivity contribution in [3.8, 4) is 5.75 Å². The second-order valence-electron chi connectivity index (χ2n) is 5.15. The van der Waals surface area contributed by atoms with Crippen molar-refractivity contribution >= 4 is 19.7 Å². The molecule has 2 unspecified atom stereocenters. The largest absolute Gasteiger partial charge is 0.492 e. The van der Waals surface area contributed by atoms with Gasteiger partial charge in [-0.15, -0.1) is 0 Å². The summed E-state index contributed by atoms with van der Waals surface area (Å²) in [6.45, 7) is 0.0224. The second-order valence-corrected chi connectivity index (χ2v) is 9.75. The number of benzene rings is 1. The molecule has 0 amide bonds. The topological polar surface area (TPSA) is 89.5 Å². The number of hydrogen-bond acceptors (Lipinski definition) is 6. The van der Waals surface area contributed by atoms with Crippen LogP contribution >= 0.6 is 0 Å². The first-order valence-electron chi connectivity index (χ1n) is 6.53. The van der Waals surface area contributed by atoms with E-state index in [2.05, 4.69) is 5.32 Å². The lowest BCUT2D eigenvalue weighted by atomic mass is 10.0. The van der Waals surface area contributed by atoms with Crippen molar-refractivity contribution in [3.05, 3.63) is 29.8 Å². The second kappa shape index (κ2) is 5.94. The summed E-state index contributed by atoms with van der Waals surface area (Å²) in [7, 11) is -5.22. The maximum atomic E-state index is 12.4. The van der Waals surface area contributed by atoms with Gasteiger partial charge in [-0.05, 0) is 13.1 Å². The van der Waals surface area contributed by atoms with Gasteiger partial charge in [0, 0.05) is 11.8 Å². The highest BCUT2D eigenvalue weighted by molar-refractivity contribution is 7.95. The number of nitrogens with one attached hydrogen (secondary N) is 1. The van der Waals surface area contributed by atoms with Crippen molar-refractivity contribution in [2.24, 2.45) is 0 Å². The monoisotopic (exact) mass is 333 g/mol. The molecule has 0 bridgehead atoms. The Kier molecular flexibility index (Phi) is 4.60. The van der Waals surface area contributed by atoms with Gasteiger partial charge < -0.3 is 10.1 Å². The van der Waals surface area contributed by atoms with Crippen LogP contribution in [-0.4, -0.2) is 53.5 Å². The molecule has 1 aliphatic rings. The van der Waals surface area contributed by atoms with Gasteiger partial charge in [0.2, 0.25) is 0 Å². The first-order chi connectivity index (χ1) is 9.74. The van der Waals surface area contributed by atoms with E-state index in [-0.39, 0.29) is 18.1 Å². The molecule has 2 rings (SSSR count). The highest BCUT2D eigenvalue weighted by atomic mass is 32.2. The Balaban J connectivity index is 2.28. The Morgan fingerprint density at radius 3 is 2.48 bits per heavy atom. The minimum absolute atomic E-state index is 0.0224. The summed E-state index contributed by atoms with van der Waals surface area (Å²) in [6, 6.07) is 6.84. The number of para-hydroxylation sites is 1. The van der Waals surface area contributed by atoms with E-state index in [0.29, 0.717) is 5.75 Å². The lowest BCUT2D eigenvalue weighted by Crippen LogP contribution is -2.44. The van der Waals surface area contributed by atoms with E-state index >= 15 is 0 Å². The van der Waals surface area contributed by atoms with E-state index in [1.165, 1.54) is 0 Å². The summed E-state index contributed by atoms with van der Waals surface area (Å²) in [6.07, 6.45) is 1.03. The molecule has 1 aromatic rings. The lowest BCUT2D eigenvalue weighted by Gasteiger charge is -2.33. The van der Waals surface area contributed by atoms with Crippen molar-refractivity contribution in [3.63, 3.8) is 0 Å². The Morgan fingerprint density at radius 1 is 1.19 bits per heavy atom. The maximum Gasteiger partial charge on any atom is 0.159 e. The minimum Gasteiger partial charge on any atom is -0.492 e. The molecular weight excluding hydrogens is 314 g/mol. The number of ether oxygens (including phenoxy) is 1. The molecule has 0 aliphatic carbocycles.